The first-order valence-corrected chi connectivity index (χ1v) is 12.9. The quantitative estimate of drug-likeness (QED) is 0.248. The zero-order valence-corrected chi connectivity index (χ0v) is 22.4. The first-order valence-electron chi connectivity index (χ1n) is 12.9. The van der Waals surface area contributed by atoms with E-state index in [-0.39, 0.29) is 6.98 Å². The monoisotopic (exact) mass is 462 g/mol. The Morgan fingerprint density at radius 2 is 1.29 bits per heavy atom. The van der Waals surface area contributed by atoms with E-state index in [9.17, 15) is 0 Å². The number of para-hydroxylation sites is 1. The average Bonchev–Trinajstić information content (AvgIpc) is 3.19. The first kappa shape index (κ1) is 23.5. The third-order valence-electron chi connectivity index (χ3n) is 7.66. The Morgan fingerprint density at radius 1 is 0.743 bits per heavy atom. The number of rotatable bonds is 4. The van der Waals surface area contributed by atoms with Crippen molar-refractivity contribution in [2.75, 3.05) is 4.81 Å². The predicted octanol–water partition coefficient (Wildman–Crippen LogP) is 6.55. The van der Waals surface area contributed by atoms with Gasteiger partial charge in [0.2, 0.25) is 0 Å². The van der Waals surface area contributed by atoms with Gasteiger partial charge in [0, 0.05) is 16.8 Å². The van der Waals surface area contributed by atoms with Crippen molar-refractivity contribution in [1.29, 1.82) is 0 Å². The highest BCUT2D eigenvalue weighted by molar-refractivity contribution is 6.78. The first-order chi connectivity index (χ1) is 16.7. The maximum Gasteiger partial charge on any atom is 0.542 e. The maximum absolute atomic E-state index is 2.65. The summed E-state index contributed by atoms with van der Waals surface area (Å²) in [6, 6.07) is 20.4. The highest BCUT2D eigenvalue weighted by Crippen LogP contribution is 2.46. The Bertz CT molecular complexity index is 1370. The fraction of sp³-hybridized carbons (Fsp3) is 0.323. The molecule has 0 amide bonds. The van der Waals surface area contributed by atoms with Gasteiger partial charge < -0.3 is 4.81 Å². The number of aryl methyl sites for hydroxylation is 4. The van der Waals surface area contributed by atoms with Crippen LogP contribution >= 0.6 is 0 Å². The number of hydrogen-bond donors (Lipinski definition) is 0. The SMILES string of the molecule is Cc1cccc(C)c1B1N(c2c(C(C)C)cccc2C(C)C)c2cccc(C)c2-c2n1cc[n+]2C. The number of fused-ring (bicyclic) bond motifs is 3. The lowest BCUT2D eigenvalue weighted by Crippen LogP contribution is -2.57. The van der Waals surface area contributed by atoms with Crippen LogP contribution in [0.2, 0.25) is 0 Å². The van der Waals surface area contributed by atoms with Crippen LogP contribution in [0.25, 0.3) is 11.4 Å². The van der Waals surface area contributed by atoms with Crippen molar-refractivity contribution in [3.8, 4) is 11.4 Å². The summed E-state index contributed by atoms with van der Waals surface area (Å²) in [4.78, 5) is 2.65. The van der Waals surface area contributed by atoms with Crippen LogP contribution in [0.5, 0.6) is 0 Å². The largest absolute Gasteiger partial charge is 0.542 e. The van der Waals surface area contributed by atoms with Crippen LogP contribution in [0, 0.1) is 20.8 Å². The minimum Gasteiger partial charge on any atom is -0.338 e. The van der Waals surface area contributed by atoms with Gasteiger partial charge in [-0.3, -0.25) is 4.48 Å². The summed E-state index contributed by atoms with van der Waals surface area (Å²) in [5.74, 6) is 2.09. The summed E-state index contributed by atoms with van der Waals surface area (Å²) in [5.41, 5.74) is 12.1. The van der Waals surface area contributed by atoms with Crippen LogP contribution < -0.4 is 14.8 Å². The van der Waals surface area contributed by atoms with Crippen LogP contribution in [0.15, 0.2) is 67.0 Å². The van der Waals surface area contributed by atoms with E-state index < -0.39 is 0 Å². The van der Waals surface area contributed by atoms with Crippen molar-refractivity contribution < 1.29 is 4.57 Å². The maximum atomic E-state index is 2.65. The molecule has 0 bridgehead atoms. The third-order valence-corrected chi connectivity index (χ3v) is 7.66. The molecular formula is C31H37BN3+. The molecular weight excluding hydrogens is 425 g/mol. The number of aromatic nitrogens is 2. The molecule has 0 saturated carbocycles. The number of benzene rings is 3. The van der Waals surface area contributed by atoms with Crippen molar-refractivity contribution in [2.45, 2.75) is 60.3 Å². The lowest BCUT2D eigenvalue weighted by molar-refractivity contribution is -0.659. The molecule has 0 spiro atoms. The predicted molar refractivity (Wildman–Crippen MR) is 149 cm³/mol. The molecule has 3 nitrogen and oxygen atoms in total. The van der Waals surface area contributed by atoms with Gasteiger partial charge in [-0.2, -0.15) is 0 Å². The molecule has 0 saturated heterocycles. The number of imidazole rings is 1. The molecule has 0 unspecified atom stereocenters. The molecule has 1 aliphatic rings. The van der Waals surface area contributed by atoms with E-state index in [1.54, 1.807) is 0 Å². The summed E-state index contributed by atoms with van der Waals surface area (Å²) >= 11 is 0. The van der Waals surface area contributed by atoms with E-state index in [4.69, 9.17) is 0 Å². The molecule has 0 aliphatic carbocycles. The van der Waals surface area contributed by atoms with Crippen LogP contribution in [0.3, 0.4) is 0 Å². The minimum atomic E-state index is 0.0269. The number of nitrogens with zero attached hydrogens (tertiary/aromatic N) is 3. The summed E-state index contributed by atoms with van der Waals surface area (Å²) in [6.45, 7) is 16.1. The van der Waals surface area contributed by atoms with Gasteiger partial charge >= 0.3 is 6.98 Å². The zero-order chi connectivity index (χ0) is 25.0. The standard InChI is InChI=1S/C31H37BN3/c1-20(2)25-15-11-16-26(21(3)4)30(25)35-27-17-10-12-22(5)28(27)31-33(8)18-19-34(31)32(35)29-23(6)13-9-14-24(29)7/h9-21H,1-8H3/q+1. The van der Waals surface area contributed by atoms with Crippen LogP contribution in [0.1, 0.15) is 67.3 Å². The van der Waals surface area contributed by atoms with Gasteiger partial charge in [0.15, 0.2) is 0 Å². The second-order valence-corrected chi connectivity index (χ2v) is 10.8. The van der Waals surface area contributed by atoms with Gasteiger partial charge in [-0.15, -0.1) is 0 Å². The second-order valence-electron chi connectivity index (χ2n) is 10.8. The normalized spacial score (nSPS) is 13.0. The molecule has 2 heterocycles. The van der Waals surface area contributed by atoms with Crippen molar-refractivity contribution in [3.63, 3.8) is 0 Å². The van der Waals surface area contributed by atoms with Gasteiger partial charge in [0.05, 0.1) is 12.6 Å². The Balaban J connectivity index is 1.96. The molecule has 4 heteroatoms. The summed E-state index contributed by atoms with van der Waals surface area (Å²) in [6.07, 6.45) is 4.47. The van der Waals surface area contributed by atoms with E-state index >= 15 is 0 Å². The lowest BCUT2D eigenvalue weighted by atomic mass is 9.59. The molecule has 0 atom stereocenters. The second kappa shape index (κ2) is 8.75. The summed E-state index contributed by atoms with van der Waals surface area (Å²) in [5, 5.41) is 0. The molecule has 3 aromatic carbocycles. The molecule has 0 N–H and O–H groups in total. The van der Waals surface area contributed by atoms with Gasteiger partial charge in [0.1, 0.15) is 12.4 Å². The minimum absolute atomic E-state index is 0.0269. The molecule has 1 aromatic heterocycles. The highest BCUT2D eigenvalue weighted by Gasteiger charge is 2.48. The molecule has 35 heavy (non-hydrogen) atoms. The summed E-state index contributed by atoms with van der Waals surface area (Å²) < 4.78 is 4.77. The van der Waals surface area contributed by atoms with Gasteiger partial charge in [-0.05, 0) is 66.5 Å². The summed E-state index contributed by atoms with van der Waals surface area (Å²) in [7, 11) is 2.17. The number of anilines is 2. The van der Waals surface area contributed by atoms with Crippen LogP contribution in [0.4, 0.5) is 11.4 Å². The van der Waals surface area contributed by atoms with Gasteiger partial charge in [-0.1, -0.05) is 76.2 Å². The van der Waals surface area contributed by atoms with Gasteiger partial charge in [-0.25, -0.2) is 4.57 Å². The average molecular weight is 462 g/mol. The van der Waals surface area contributed by atoms with Crippen molar-refractivity contribution in [1.82, 2.24) is 4.48 Å². The molecule has 5 rings (SSSR count). The topological polar surface area (TPSA) is 12.1 Å². The smallest absolute Gasteiger partial charge is 0.338 e. The van der Waals surface area contributed by atoms with E-state index in [2.05, 4.69) is 136 Å². The van der Waals surface area contributed by atoms with Crippen LogP contribution in [-0.2, 0) is 7.05 Å². The molecule has 4 aromatic rings. The van der Waals surface area contributed by atoms with E-state index in [0.717, 1.165) is 0 Å². The lowest BCUT2D eigenvalue weighted by Gasteiger charge is -2.38. The van der Waals surface area contributed by atoms with Gasteiger partial charge in [0.25, 0.3) is 5.82 Å². The fourth-order valence-electron chi connectivity index (χ4n) is 5.93. The zero-order valence-electron chi connectivity index (χ0n) is 22.4. The molecule has 178 valence electrons. The van der Waals surface area contributed by atoms with E-state index in [0.29, 0.717) is 11.8 Å². The molecule has 0 fully saturated rings. The fourth-order valence-corrected chi connectivity index (χ4v) is 5.93. The van der Waals surface area contributed by atoms with Crippen molar-refractivity contribution in [2.24, 2.45) is 7.05 Å². The Kier molecular flexibility index (Phi) is 5.87. The van der Waals surface area contributed by atoms with E-state index in [1.807, 2.05) is 0 Å². The van der Waals surface area contributed by atoms with Crippen molar-refractivity contribution in [3.05, 3.63) is 94.8 Å². The highest BCUT2D eigenvalue weighted by atomic mass is 15.2. The third kappa shape index (κ3) is 3.62. The van der Waals surface area contributed by atoms with Crippen molar-refractivity contribution >= 4 is 23.8 Å². The molecule has 0 radical (unpaired) electrons. The van der Waals surface area contributed by atoms with E-state index in [1.165, 1.54) is 56.0 Å². The Labute approximate surface area is 211 Å². The van der Waals surface area contributed by atoms with Crippen LogP contribution in [-0.4, -0.2) is 11.5 Å². The Morgan fingerprint density at radius 3 is 1.89 bits per heavy atom. The number of hydrogen-bond acceptors (Lipinski definition) is 1. The molecule has 1 aliphatic heterocycles. The Hall–Kier alpha value is -3.27.